The average molecular weight is 180 g/mol. The molecule has 0 aromatic rings. The van der Waals surface area contributed by atoms with Gasteiger partial charge >= 0.3 is 0 Å². The fourth-order valence-electron chi connectivity index (χ4n) is 1.49. The number of rotatable bonds is 3. The summed E-state index contributed by atoms with van der Waals surface area (Å²) < 4.78 is 5.05. The van der Waals surface area contributed by atoms with Crippen molar-refractivity contribution in [1.82, 2.24) is 0 Å². The van der Waals surface area contributed by atoms with E-state index in [1.165, 1.54) is 5.57 Å². The van der Waals surface area contributed by atoms with Gasteiger partial charge < -0.3 is 4.74 Å². The number of allylic oxidation sites excluding steroid dienone is 3. The Kier molecular flexibility index (Phi) is 3.32. The lowest BCUT2D eigenvalue weighted by molar-refractivity contribution is 0.202. The summed E-state index contributed by atoms with van der Waals surface area (Å²) in [5.41, 5.74) is 1.77. The molecule has 74 valence electrons. The quantitative estimate of drug-likeness (QED) is 0.648. The highest BCUT2D eigenvalue weighted by atomic mass is 16.5. The monoisotopic (exact) mass is 180 g/mol. The second-order valence-electron chi connectivity index (χ2n) is 4.74. The van der Waals surface area contributed by atoms with E-state index in [1.807, 2.05) is 0 Å². The van der Waals surface area contributed by atoms with Crippen LogP contribution in [0.15, 0.2) is 23.8 Å². The van der Waals surface area contributed by atoms with Crippen LogP contribution in [0.2, 0.25) is 0 Å². The second-order valence-corrected chi connectivity index (χ2v) is 4.74. The van der Waals surface area contributed by atoms with Crippen LogP contribution in [0.1, 0.15) is 27.2 Å². The van der Waals surface area contributed by atoms with Gasteiger partial charge in [-0.05, 0) is 17.4 Å². The molecule has 0 heterocycles. The van der Waals surface area contributed by atoms with Crippen molar-refractivity contribution in [2.45, 2.75) is 27.2 Å². The van der Waals surface area contributed by atoms with Crippen molar-refractivity contribution in [2.24, 2.45) is 11.3 Å². The summed E-state index contributed by atoms with van der Waals surface area (Å²) in [5, 5.41) is 0. The van der Waals surface area contributed by atoms with Crippen LogP contribution in [-0.2, 0) is 4.74 Å². The van der Waals surface area contributed by atoms with Crippen molar-refractivity contribution in [1.29, 1.82) is 0 Å². The van der Waals surface area contributed by atoms with Gasteiger partial charge in [-0.1, -0.05) is 39.0 Å². The molecule has 13 heavy (non-hydrogen) atoms. The maximum absolute atomic E-state index is 5.05. The van der Waals surface area contributed by atoms with Crippen molar-refractivity contribution in [3.8, 4) is 0 Å². The third-order valence-corrected chi connectivity index (χ3v) is 2.51. The number of hydrogen-bond donors (Lipinski definition) is 0. The Hall–Kier alpha value is -0.560. The van der Waals surface area contributed by atoms with Gasteiger partial charge in [0.1, 0.15) is 0 Å². The molecule has 1 atom stereocenters. The van der Waals surface area contributed by atoms with Gasteiger partial charge in [0.15, 0.2) is 0 Å². The molecule has 1 aliphatic carbocycles. The van der Waals surface area contributed by atoms with Gasteiger partial charge in [-0.2, -0.15) is 0 Å². The van der Waals surface area contributed by atoms with E-state index in [4.69, 9.17) is 4.74 Å². The molecule has 0 aliphatic heterocycles. The van der Waals surface area contributed by atoms with Crippen LogP contribution >= 0.6 is 0 Å². The molecule has 1 nitrogen and oxygen atoms in total. The molecule has 0 saturated heterocycles. The zero-order valence-electron chi connectivity index (χ0n) is 9.13. The van der Waals surface area contributed by atoms with Crippen molar-refractivity contribution in [3.63, 3.8) is 0 Å². The van der Waals surface area contributed by atoms with E-state index in [9.17, 15) is 0 Å². The zero-order valence-corrected chi connectivity index (χ0v) is 9.13. The molecule has 0 fully saturated rings. The molecule has 0 spiro atoms. The molecule has 0 radical (unpaired) electrons. The molecule has 0 N–H and O–H groups in total. The molecule has 1 aliphatic rings. The van der Waals surface area contributed by atoms with Crippen LogP contribution in [0.25, 0.3) is 0 Å². The van der Waals surface area contributed by atoms with Crippen LogP contribution < -0.4 is 0 Å². The lowest BCUT2D eigenvalue weighted by atomic mass is 9.82. The molecule has 1 unspecified atom stereocenters. The lowest BCUT2D eigenvalue weighted by Crippen LogP contribution is -2.14. The summed E-state index contributed by atoms with van der Waals surface area (Å²) in [4.78, 5) is 0. The van der Waals surface area contributed by atoms with Gasteiger partial charge in [-0.3, -0.25) is 0 Å². The predicted molar refractivity (Wildman–Crippen MR) is 56.7 cm³/mol. The van der Waals surface area contributed by atoms with Gasteiger partial charge in [0, 0.05) is 13.0 Å². The van der Waals surface area contributed by atoms with Gasteiger partial charge in [-0.25, -0.2) is 0 Å². The van der Waals surface area contributed by atoms with Crippen LogP contribution in [0.3, 0.4) is 0 Å². The second kappa shape index (κ2) is 4.10. The molecule has 0 bridgehead atoms. The van der Waals surface area contributed by atoms with E-state index in [2.05, 4.69) is 39.0 Å². The van der Waals surface area contributed by atoms with Crippen LogP contribution in [-0.4, -0.2) is 13.7 Å². The van der Waals surface area contributed by atoms with E-state index in [0.717, 1.165) is 13.0 Å². The minimum Gasteiger partial charge on any atom is -0.384 e. The first-order valence-electron chi connectivity index (χ1n) is 4.92. The molecule has 0 aromatic heterocycles. The fourth-order valence-corrected chi connectivity index (χ4v) is 1.49. The minimum absolute atomic E-state index is 0.353. The van der Waals surface area contributed by atoms with E-state index in [0.29, 0.717) is 11.3 Å². The van der Waals surface area contributed by atoms with Gasteiger partial charge in [-0.15, -0.1) is 0 Å². The van der Waals surface area contributed by atoms with Gasteiger partial charge in [0.2, 0.25) is 0 Å². The van der Waals surface area contributed by atoms with E-state index >= 15 is 0 Å². The van der Waals surface area contributed by atoms with Crippen molar-refractivity contribution < 1.29 is 4.74 Å². The maximum atomic E-state index is 5.05. The summed E-state index contributed by atoms with van der Waals surface area (Å²) >= 11 is 0. The Balaban J connectivity index is 2.50. The first-order valence-corrected chi connectivity index (χ1v) is 4.92. The van der Waals surface area contributed by atoms with Gasteiger partial charge in [0.05, 0.1) is 6.61 Å². The molecule has 1 rings (SSSR count). The Morgan fingerprint density at radius 3 is 2.54 bits per heavy atom. The molecule has 1 heteroatoms. The van der Waals surface area contributed by atoms with Crippen LogP contribution in [0.4, 0.5) is 0 Å². The van der Waals surface area contributed by atoms with Crippen molar-refractivity contribution in [2.75, 3.05) is 13.7 Å². The fraction of sp³-hybridized carbons (Fsp3) is 0.667. The Bertz CT molecular complexity index is 218. The highest BCUT2D eigenvalue weighted by Gasteiger charge is 2.22. The lowest BCUT2D eigenvalue weighted by Gasteiger charge is -2.23. The predicted octanol–water partition coefficient (Wildman–Crippen LogP) is 3.18. The topological polar surface area (TPSA) is 9.23 Å². The Morgan fingerprint density at radius 1 is 1.38 bits per heavy atom. The average Bonchev–Trinajstić information content (AvgIpc) is 2.47. The highest BCUT2D eigenvalue weighted by molar-refractivity contribution is 5.30. The zero-order chi connectivity index (χ0) is 9.90. The van der Waals surface area contributed by atoms with Crippen molar-refractivity contribution >= 4 is 0 Å². The molecule has 0 amide bonds. The van der Waals surface area contributed by atoms with E-state index in [1.54, 1.807) is 7.11 Å². The Morgan fingerprint density at radius 2 is 2.08 bits per heavy atom. The first-order chi connectivity index (χ1) is 6.04. The largest absolute Gasteiger partial charge is 0.384 e. The number of methoxy groups -OCH3 is 1. The molecule has 0 aromatic carbocycles. The van der Waals surface area contributed by atoms with Crippen LogP contribution in [0, 0.1) is 11.3 Å². The normalized spacial score (nSPS) is 22.2. The SMILES string of the molecule is COCCC1=CC(C(C)(C)C)C=C1. The standard InChI is InChI=1S/C12H20O/c1-12(2,3)11-6-5-10(9-11)7-8-13-4/h5-6,9,11H,7-8H2,1-4H3. The number of hydrogen-bond acceptors (Lipinski definition) is 1. The Labute approximate surface area is 81.5 Å². The molecule has 0 saturated carbocycles. The molecular weight excluding hydrogens is 160 g/mol. The van der Waals surface area contributed by atoms with Crippen LogP contribution in [0.5, 0.6) is 0 Å². The third kappa shape index (κ3) is 3.00. The highest BCUT2D eigenvalue weighted by Crippen LogP contribution is 2.33. The van der Waals surface area contributed by atoms with Gasteiger partial charge in [0.25, 0.3) is 0 Å². The summed E-state index contributed by atoms with van der Waals surface area (Å²) in [5.74, 6) is 0.597. The van der Waals surface area contributed by atoms with Crippen molar-refractivity contribution in [3.05, 3.63) is 23.8 Å². The van der Waals surface area contributed by atoms with E-state index < -0.39 is 0 Å². The first kappa shape index (κ1) is 10.5. The maximum Gasteiger partial charge on any atom is 0.0502 e. The molecular formula is C12H20O. The summed E-state index contributed by atoms with van der Waals surface area (Å²) in [6.45, 7) is 7.65. The summed E-state index contributed by atoms with van der Waals surface area (Å²) in [7, 11) is 1.75. The summed E-state index contributed by atoms with van der Waals surface area (Å²) in [6.07, 6.45) is 7.93. The smallest absolute Gasteiger partial charge is 0.0502 e. The van der Waals surface area contributed by atoms with E-state index in [-0.39, 0.29) is 0 Å². The number of ether oxygens (including phenoxy) is 1. The minimum atomic E-state index is 0.353. The summed E-state index contributed by atoms with van der Waals surface area (Å²) in [6, 6.07) is 0. The third-order valence-electron chi connectivity index (χ3n) is 2.51.